The molecule has 3 rings (SSSR count). The largest absolute Gasteiger partial charge is 0.303 e. The second kappa shape index (κ2) is 3.18. The van der Waals surface area contributed by atoms with Gasteiger partial charge in [-0.2, -0.15) is 0 Å². The van der Waals surface area contributed by atoms with Crippen LogP contribution in [0.4, 0.5) is 0 Å². The molecule has 1 aromatic heterocycles. The molecular weight excluding hydrogens is 256 g/mol. The molecule has 0 amide bonds. The van der Waals surface area contributed by atoms with Crippen molar-refractivity contribution in [3.63, 3.8) is 0 Å². The number of hydrogen-bond acceptors (Lipinski definition) is 2. The first-order valence-electron chi connectivity index (χ1n) is 4.79. The summed E-state index contributed by atoms with van der Waals surface area (Å²) in [4.78, 5) is 11.7. The predicted octanol–water partition coefficient (Wildman–Crippen LogP) is 2.15. The first kappa shape index (κ1) is 9.12. The molecule has 0 bridgehead atoms. The summed E-state index contributed by atoms with van der Waals surface area (Å²) >= 11 is 3.43. The Balaban J connectivity index is 2.36. The molecule has 0 aliphatic carbocycles. The number of hydrogen-bond donors (Lipinski definition) is 1. The van der Waals surface area contributed by atoms with Crippen molar-refractivity contribution < 1.29 is 4.79 Å². The summed E-state index contributed by atoms with van der Waals surface area (Å²) in [7, 11) is 0. The predicted molar refractivity (Wildman–Crippen MR) is 62.0 cm³/mol. The molecule has 1 N–H and O–H groups in total. The van der Waals surface area contributed by atoms with Gasteiger partial charge in [-0.1, -0.05) is 15.9 Å². The van der Waals surface area contributed by atoms with E-state index in [9.17, 15) is 4.79 Å². The van der Waals surface area contributed by atoms with Crippen molar-refractivity contribution in [1.29, 1.82) is 0 Å². The van der Waals surface area contributed by atoms with Crippen LogP contribution in [0.2, 0.25) is 0 Å². The van der Waals surface area contributed by atoms with E-state index in [-0.39, 0.29) is 5.91 Å². The highest BCUT2D eigenvalue weighted by Gasteiger charge is 2.18. The molecular formula is C11H9BrN2O. The molecule has 15 heavy (non-hydrogen) atoms. The summed E-state index contributed by atoms with van der Waals surface area (Å²) in [6.07, 6.45) is 0. The van der Waals surface area contributed by atoms with Gasteiger partial charge in [-0.25, -0.2) is 0 Å². The molecule has 0 fully saturated rings. The Kier molecular flexibility index (Phi) is 1.94. The van der Waals surface area contributed by atoms with Crippen molar-refractivity contribution in [2.24, 2.45) is 0 Å². The summed E-state index contributed by atoms with van der Waals surface area (Å²) in [5, 5.41) is 4.19. The van der Waals surface area contributed by atoms with E-state index in [1.54, 1.807) is 4.57 Å². The van der Waals surface area contributed by atoms with Gasteiger partial charge in [0.2, 0.25) is 5.91 Å². The number of aromatic nitrogens is 1. The van der Waals surface area contributed by atoms with E-state index < -0.39 is 0 Å². The van der Waals surface area contributed by atoms with E-state index >= 15 is 0 Å². The highest BCUT2D eigenvalue weighted by molar-refractivity contribution is 9.10. The number of nitrogens with zero attached hydrogens (tertiary/aromatic N) is 1. The van der Waals surface area contributed by atoms with Crippen LogP contribution in [-0.4, -0.2) is 17.0 Å². The van der Waals surface area contributed by atoms with Crippen LogP contribution in [0.15, 0.2) is 28.7 Å². The monoisotopic (exact) mass is 264 g/mol. The minimum absolute atomic E-state index is 0.119. The van der Waals surface area contributed by atoms with E-state index in [0.29, 0.717) is 6.54 Å². The van der Waals surface area contributed by atoms with E-state index in [0.717, 1.165) is 27.6 Å². The third-order valence-electron chi connectivity index (χ3n) is 2.67. The first-order chi connectivity index (χ1) is 7.25. The highest BCUT2D eigenvalue weighted by atomic mass is 79.9. The van der Waals surface area contributed by atoms with Gasteiger partial charge in [-0.3, -0.25) is 9.36 Å². The Hall–Kier alpha value is -1.13. The van der Waals surface area contributed by atoms with Gasteiger partial charge < -0.3 is 5.32 Å². The second-order valence-electron chi connectivity index (χ2n) is 3.67. The van der Waals surface area contributed by atoms with Crippen molar-refractivity contribution in [3.8, 4) is 0 Å². The molecule has 0 unspecified atom stereocenters. The molecule has 1 aliphatic heterocycles. The van der Waals surface area contributed by atoms with Crippen LogP contribution in [0.5, 0.6) is 0 Å². The summed E-state index contributed by atoms with van der Waals surface area (Å²) in [6.45, 7) is 1.19. The van der Waals surface area contributed by atoms with E-state index in [4.69, 9.17) is 0 Å². The Bertz CT molecular complexity index is 559. The topological polar surface area (TPSA) is 34.0 Å². The van der Waals surface area contributed by atoms with Crippen LogP contribution in [-0.2, 0) is 6.54 Å². The minimum atomic E-state index is 0.119. The molecule has 0 radical (unpaired) electrons. The Labute approximate surface area is 95.2 Å². The van der Waals surface area contributed by atoms with Gasteiger partial charge in [0.15, 0.2) is 0 Å². The van der Waals surface area contributed by atoms with E-state index in [2.05, 4.69) is 27.3 Å². The molecule has 2 aromatic rings. The number of halogens is 1. The maximum Gasteiger partial charge on any atom is 0.245 e. The molecule has 76 valence electrons. The fraction of sp³-hybridized carbons (Fsp3) is 0.182. The number of rotatable bonds is 0. The standard InChI is InChI=1S/C11H9BrN2O/c12-8-1-2-10-7(3-8)4-9-5-13-6-11(15)14(9)10/h1-4,13H,5-6H2. The van der Waals surface area contributed by atoms with Crippen LogP contribution in [0, 0.1) is 0 Å². The van der Waals surface area contributed by atoms with Crippen molar-refractivity contribution >= 4 is 32.7 Å². The summed E-state index contributed by atoms with van der Waals surface area (Å²) < 4.78 is 2.84. The Morgan fingerprint density at radius 1 is 1.27 bits per heavy atom. The molecule has 0 saturated heterocycles. The third-order valence-corrected chi connectivity index (χ3v) is 3.16. The van der Waals surface area contributed by atoms with Crippen molar-refractivity contribution in [2.45, 2.75) is 6.54 Å². The van der Waals surface area contributed by atoms with E-state index in [1.165, 1.54) is 0 Å². The van der Waals surface area contributed by atoms with Gasteiger partial charge in [0.05, 0.1) is 12.1 Å². The molecule has 0 saturated carbocycles. The fourth-order valence-corrected chi connectivity index (χ4v) is 2.42. The van der Waals surface area contributed by atoms with Gasteiger partial charge >= 0.3 is 0 Å². The van der Waals surface area contributed by atoms with Crippen molar-refractivity contribution in [1.82, 2.24) is 9.88 Å². The average molecular weight is 265 g/mol. The van der Waals surface area contributed by atoms with Gasteiger partial charge in [0.25, 0.3) is 0 Å². The summed E-state index contributed by atoms with van der Waals surface area (Å²) in [5.74, 6) is 0.119. The first-order valence-corrected chi connectivity index (χ1v) is 5.59. The van der Waals surface area contributed by atoms with Crippen LogP contribution >= 0.6 is 15.9 Å². The number of fused-ring (bicyclic) bond motifs is 3. The lowest BCUT2D eigenvalue weighted by Crippen LogP contribution is -2.34. The molecule has 0 atom stereocenters. The zero-order valence-electron chi connectivity index (χ0n) is 7.96. The molecule has 3 nitrogen and oxygen atoms in total. The van der Waals surface area contributed by atoms with E-state index in [1.807, 2.05) is 18.2 Å². The average Bonchev–Trinajstić information content (AvgIpc) is 2.56. The van der Waals surface area contributed by atoms with Crippen LogP contribution in [0.1, 0.15) is 10.5 Å². The zero-order chi connectivity index (χ0) is 10.4. The van der Waals surface area contributed by atoms with Gasteiger partial charge in [0.1, 0.15) is 0 Å². The highest BCUT2D eigenvalue weighted by Crippen LogP contribution is 2.24. The molecule has 1 aromatic carbocycles. The minimum Gasteiger partial charge on any atom is -0.303 e. The lowest BCUT2D eigenvalue weighted by atomic mass is 10.2. The molecule has 0 spiro atoms. The molecule has 4 heteroatoms. The van der Waals surface area contributed by atoms with Crippen molar-refractivity contribution in [2.75, 3.05) is 6.54 Å². The van der Waals surface area contributed by atoms with Crippen LogP contribution in [0.25, 0.3) is 10.9 Å². The lowest BCUT2D eigenvalue weighted by molar-refractivity contribution is 0.0900. The lowest BCUT2D eigenvalue weighted by Gasteiger charge is -2.15. The van der Waals surface area contributed by atoms with Crippen molar-refractivity contribution in [3.05, 3.63) is 34.4 Å². The number of carbonyl (C=O) groups is 1. The second-order valence-corrected chi connectivity index (χ2v) is 4.59. The van der Waals surface area contributed by atoms with Gasteiger partial charge in [-0.05, 0) is 24.3 Å². The maximum absolute atomic E-state index is 11.7. The Morgan fingerprint density at radius 2 is 2.13 bits per heavy atom. The quantitative estimate of drug-likeness (QED) is 0.791. The number of carbonyl (C=O) groups excluding carboxylic acids is 1. The summed E-state index contributed by atoms with van der Waals surface area (Å²) in [6, 6.07) is 8.04. The van der Waals surface area contributed by atoms with Crippen LogP contribution < -0.4 is 5.32 Å². The fourth-order valence-electron chi connectivity index (χ4n) is 2.04. The molecule has 1 aliphatic rings. The SMILES string of the molecule is O=C1CNCc2cc3cc(Br)ccc3n21. The normalized spacial score (nSPS) is 15.7. The zero-order valence-corrected chi connectivity index (χ0v) is 9.54. The summed E-state index contributed by atoms with van der Waals surface area (Å²) in [5.41, 5.74) is 2.04. The Morgan fingerprint density at radius 3 is 3.00 bits per heavy atom. The smallest absolute Gasteiger partial charge is 0.245 e. The van der Waals surface area contributed by atoms with Gasteiger partial charge in [-0.15, -0.1) is 0 Å². The molecule has 2 heterocycles. The number of nitrogens with one attached hydrogen (secondary N) is 1. The number of benzene rings is 1. The maximum atomic E-state index is 11.7. The van der Waals surface area contributed by atoms with Gasteiger partial charge in [0, 0.05) is 22.1 Å². The van der Waals surface area contributed by atoms with Crippen LogP contribution in [0.3, 0.4) is 0 Å². The third kappa shape index (κ3) is 1.33.